The highest BCUT2D eigenvalue weighted by Crippen LogP contribution is 2.30. The first-order valence-electron chi connectivity index (χ1n) is 12.6. The molecule has 0 fully saturated rings. The average Bonchev–Trinajstić information content (AvgIpc) is 3.47. The lowest BCUT2D eigenvalue weighted by molar-refractivity contribution is 0.147. The number of aromatic hydroxyl groups is 1. The van der Waals surface area contributed by atoms with E-state index in [2.05, 4.69) is 42.7 Å². The zero-order chi connectivity index (χ0) is 24.3. The number of hydrogen-bond donors (Lipinski definition) is 3. The molecular formula is C28H40N2O4. The van der Waals surface area contributed by atoms with E-state index in [0.717, 1.165) is 43.2 Å². The standard InChI is InChI=1S/C28H40N2O4/c1-4-5-6-25-10-11-26(34-25)9-7-22-8-12-27(32)28(15-22)33-14-13-24-16-23(19-30-24)20(2)17-29-18-21(3)31/h8,10-12,15-16,19-21,25,29,31-32H,4-7,9,13-14,17-18H2,1-3H3. The number of nitrogens with zero attached hydrogens (tertiary/aromatic N) is 1. The Morgan fingerprint density at radius 3 is 2.91 bits per heavy atom. The number of aliphatic hydroxyl groups excluding tert-OH is 1. The van der Waals surface area contributed by atoms with Gasteiger partial charge in [-0.15, -0.1) is 4.99 Å². The van der Waals surface area contributed by atoms with Gasteiger partial charge < -0.3 is 25.0 Å². The number of rotatable bonds is 15. The number of aliphatic hydroxyl groups is 1. The summed E-state index contributed by atoms with van der Waals surface area (Å²) in [5, 5.41) is 22.9. The van der Waals surface area contributed by atoms with E-state index >= 15 is 0 Å². The Morgan fingerprint density at radius 1 is 1.26 bits per heavy atom. The summed E-state index contributed by atoms with van der Waals surface area (Å²) in [6.45, 7) is 7.95. The van der Waals surface area contributed by atoms with Gasteiger partial charge in [-0.2, -0.15) is 12.5 Å². The van der Waals surface area contributed by atoms with Gasteiger partial charge in [0.05, 0.1) is 24.5 Å². The number of hydrogen-bond acceptors (Lipinski definition) is 6. The fraction of sp³-hybridized carbons (Fsp3) is 0.536. The van der Waals surface area contributed by atoms with E-state index in [4.69, 9.17) is 9.47 Å². The van der Waals surface area contributed by atoms with Crippen LogP contribution in [0.4, 0.5) is 0 Å². The van der Waals surface area contributed by atoms with Crippen LogP contribution in [0, 0.1) is 18.4 Å². The molecule has 0 saturated heterocycles. The molecule has 3 atom stereocenters. The number of phenols is 1. The molecule has 3 unspecified atom stereocenters. The van der Waals surface area contributed by atoms with Crippen LogP contribution in [0.1, 0.15) is 58.4 Å². The van der Waals surface area contributed by atoms with Crippen molar-refractivity contribution in [2.75, 3.05) is 19.7 Å². The molecular weight excluding hydrogens is 428 g/mol. The van der Waals surface area contributed by atoms with E-state index in [-0.39, 0.29) is 18.0 Å². The predicted molar refractivity (Wildman–Crippen MR) is 137 cm³/mol. The number of unbranched alkanes of at least 4 members (excludes halogenated alkanes) is 1. The largest absolute Gasteiger partial charge is 0.592 e. The minimum Gasteiger partial charge on any atom is -0.592 e. The molecule has 0 saturated carbocycles. The van der Waals surface area contributed by atoms with Crippen molar-refractivity contribution in [1.82, 2.24) is 5.32 Å². The lowest BCUT2D eigenvalue weighted by atomic mass is 10.0. The highest BCUT2D eigenvalue weighted by Gasteiger charge is 2.25. The minimum atomic E-state index is -0.345. The Balaban J connectivity index is 1.40. The monoisotopic (exact) mass is 468 g/mol. The molecule has 0 aromatic heterocycles. The van der Waals surface area contributed by atoms with E-state index in [0.29, 0.717) is 31.2 Å². The molecule has 2 aliphatic rings. The number of ether oxygens (including phenoxy) is 2. The lowest BCUT2D eigenvalue weighted by Gasteiger charge is -2.20. The predicted octanol–water partition coefficient (Wildman–Crippen LogP) is 4.92. The molecule has 6 nitrogen and oxygen atoms in total. The molecule has 3 N–H and O–H groups in total. The summed E-state index contributed by atoms with van der Waals surface area (Å²) >= 11 is 0. The third kappa shape index (κ3) is 8.33. The summed E-state index contributed by atoms with van der Waals surface area (Å²) in [6.07, 6.45) is 14.0. The second kappa shape index (κ2) is 13.4. The second-order valence-corrected chi connectivity index (χ2v) is 9.33. The Morgan fingerprint density at radius 2 is 2.12 bits per heavy atom. The van der Waals surface area contributed by atoms with Crippen LogP contribution in [0.5, 0.6) is 11.5 Å². The van der Waals surface area contributed by atoms with E-state index < -0.39 is 0 Å². The minimum absolute atomic E-state index is 0.155. The third-order valence-corrected chi connectivity index (χ3v) is 6.11. The molecule has 0 bridgehead atoms. The fourth-order valence-electron chi connectivity index (χ4n) is 4.01. The molecule has 1 aromatic carbocycles. The molecule has 0 radical (unpaired) electrons. The van der Waals surface area contributed by atoms with Gasteiger partial charge in [0.25, 0.3) is 0 Å². The molecule has 0 amide bonds. The second-order valence-electron chi connectivity index (χ2n) is 9.33. The molecule has 6 heteroatoms. The quantitative estimate of drug-likeness (QED) is 0.318. The van der Waals surface area contributed by atoms with Gasteiger partial charge in [0.1, 0.15) is 12.2 Å². The van der Waals surface area contributed by atoms with E-state index in [1.54, 1.807) is 13.0 Å². The van der Waals surface area contributed by atoms with Gasteiger partial charge in [0.15, 0.2) is 23.8 Å². The van der Waals surface area contributed by atoms with Crippen LogP contribution in [0.2, 0.25) is 0 Å². The van der Waals surface area contributed by atoms with Crippen LogP contribution in [0.3, 0.4) is 0 Å². The van der Waals surface area contributed by atoms with Crippen LogP contribution in [-0.4, -0.2) is 48.3 Å². The highest BCUT2D eigenvalue weighted by atomic mass is 16.5. The first kappa shape index (κ1) is 26.0. The summed E-state index contributed by atoms with van der Waals surface area (Å²) in [4.78, 5) is 4.51. The van der Waals surface area contributed by atoms with Crippen molar-refractivity contribution in [3.05, 3.63) is 59.7 Å². The van der Waals surface area contributed by atoms with Crippen LogP contribution in [0.15, 0.2) is 46.7 Å². The zero-order valence-corrected chi connectivity index (χ0v) is 20.8. The fourth-order valence-corrected chi connectivity index (χ4v) is 4.01. The topological polar surface area (TPSA) is 83.3 Å². The third-order valence-electron chi connectivity index (χ3n) is 6.11. The van der Waals surface area contributed by atoms with Gasteiger partial charge >= 0.3 is 0 Å². The maximum absolute atomic E-state index is 10.2. The normalized spacial score (nSPS) is 18.8. The Labute approximate surface area is 204 Å². The summed E-state index contributed by atoms with van der Waals surface area (Å²) in [5.41, 5.74) is 2.29. The number of nitrogens with one attached hydrogen (secondary N) is 1. The molecule has 2 aliphatic heterocycles. The summed E-state index contributed by atoms with van der Waals surface area (Å²) in [5.74, 6) is 2.01. The van der Waals surface area contributed by atoms with E-state index in [1.165, 1.54) is 18.4 Å². The lowest BCUT2D eigenvalue weighted by Crippen LogP contribution is -2.29. The van der Waals surface area contributed by atoms with Gasteiger partial charge in [-0.05, 0) is 44.4 Å². The molecule has 2 heterocycles. The summed E-state index contributed by atoms with van der Waals surface area (Å²) < 4.78 is 11.9. The number of aryl methyl sites for hydroxylation is 1. The van der Waals surface area contributed by atoms with Crippen molar-refractivity contribution < 1.29 is 19.7 Å². The van der Waals surface area contributed by atoms with Crippen molar-refractivity contribution in [2.24, 2.45) is 10.9 Å². The average molecular weight is 469 g/mol. The molecule has 34 heavy (non-hydrogen) atoms. The van der Waals surface area contributed by atoms with Crippen LogP contribution in [0.25, 0.3) is 0 Å². The van der Waals surface area contributed by atoms with Gasteiger partial charge in [-0.25, -0.2) is 0 Å². The summed E-state index contributed by atoms with van der Waals surface area (Å²) in [6, 6.07) is 6.54. The summed E-state index contributed by atoms with van der Waals surface area (Å²) in [7, 11) is 0. The van der Waals surface area contributed by atoms with Crippen molar-refractivity contribution in [3.8, 4) is 11.5 Å². The van der Waals surface area contributed by atoms with Crippen molar-refractivity contribution in [3.63, 3.8) is 0 Å². The molecule has 186 valence electrons. The van der Waals surface area contributed by atoms with Crippen LogP contribution >= 0.6 is 0 Å². The zero-order valence-electron chi connectivity index (χ0n) is 20.8. The highest BCUT2D eigenvalue weighted by molar-refractivity contribution is 5.83. The maximum Gasteiger partial charge on any atom is 0.176 e. The maximum atomic E-state index is 10.2. The molecule has 1 aromatic rings. The number of phenolic OH excluding ortho intramolecular Hbond substituents is 1. The smallest absolute Gasteiger partial charge is 0.176 e. The van der Waals surface area contributed by atoms with E-state index in [1.807, 2.05) is 18.3 Å². The van der Waals surface area contributed by atoms with E-state index in [9.17, 15) is 10.2 Å². The van der Waals surface area contributed by atoms with Crippen LogP contribution < -0.4 is 10.1 Å². The molecule has 0 aliphatic carbocycles. The van der Waals surface area contributed by atoms with Crippen LogP contribution in [-0.2, 0) is 11.2 Å². The van der Waals surface area contributed by atoms with Gasteiger partial charge in [-0.1, -0.05) is 38.0 Å². The molecule has 3 rings (SSSR count). The molecule has 0 spiro atoms. The number of allylic oxidation sites excluding steroid dienone is 1. The Bertz CT molecular complexity index is 862. The first-order valence-corrected chi connectivity index (χ1v) is 12.6. The van der Waals surface area contributed by atoms with Gasteiger partial charge in [0.2, 0.25) is 0 Å². The first-order chi connectivity index (χ1) is 16.4. The van der Waals surface area contributed by atoms with Gasteiger partial charge in [0, 0.05) is 19.2 Å². The van der Waals surface area contributed by atoms with Crippen molar-refractivity contribution in [1.29, 1.82) is 0 Å². The Kier molecular flexibility index (Phi) is 10.2. The van der Waals surface area contributed by atoms with Crippen molar-refractivity contribution in [2.45, 2.75) is 71.5 Å². The number of benzene rings is 1. The Hall–Kier alpha value is -2.57. The van der Waals surface area contributed by atoms with Crippen molar-refractivity contribution >= 4 is 6.21 Å². The SMILES string of the molecule is CCCCC1[CH-]C=C(CCc2ccc(O)c(OCC[C+]3C=C(C(C)CNCC(C)O)C=N3)c2)O1. The van der Waals surface area contributed by atoms with Gasteiger partial charge in [-0.3, -0.25) is 0 Å². The number of aliphatic imine (C=N–C) groups is 1.